The molecule has 0 amide bonds. The van der Waals surface area contributed by atoms with Crippen molar-refractivity contribution in [1.29, 1.82) is 0 Å². The molecule has 0 aromatic carbocycles. The molecule has 0 saturated heterocycles. The molecule has 1 atom stereocenters. The van der Waals surface area contributed by atoms with Gasteiger partial charge in [-0.25, -0.2) is 0 Å². The Morgan fingerprint density at radius 3 is 0.909 bits per heavy atom. The van der Waals surface area contributed by atoms with Crippen LogP contribution in [0.25, 0.3) is 0 Å². The van der Waals surface area contributed by atoms with Gasteiger partial charge in [-0.3, -0.25) is 0 Å². The van der Waals surface area contributed by atoms with Crippen molar-refractivity contribution < 1.29 is 1.37 Å². The third-order valence-electron chi connectivity index (χ3n) is 0. The van der Waals surface area contributed by atoms with E-state index < -0.39 is 0 Å². The maximum atomic E-state index is 6.21. The van der Waals surface area contributed by atoms with Crippen LogP contribution < -0.4 is 0 Å². The quantitative estimate of drug-likeness (QED) is 0.456. The molecule has 11 heavy (non-hydrogen) atoms. The van der Waals surface area contributed by atoms with Gasteiger partial charge in [-0.15, -0.1) is 0 Å². The first-order valence-electron chi connectivity index (χ1n) is 4.24. The lowest BCUT2D eigenvalue weighted by Gasteiger charge is -1.48. The summed E-state index contributed by atoms with van der Waals surface area (Å²) in [6.07, 6.45) is 2.50. The molecule has 0 bridgehead atoms. The minimum atomic E-state index is 0. The van der Waals surface area contributed by atoms with Crippen molar-refractivity contribution >= 4 is 9.90 Å². The Kier molecular flexibility index (Phi) is 429. The van der Waals surface area contributed by atoms with Gasteiger partial charge in [0.25, 0.3) is 0 Å². The van der Waals surface area contributed by atoms with E-state index in [0.29, 0.717) is 6.90 Å². The molecule has 1 heteroatoms. The lowest BCUT2D eigenvalue weighted by atomic mass is 10.6. The molecule has 0 fully saturated rings. The van der Waals surface area contributed by atoms with Crippen molar-refractivity contribution in [3.05, 3.63) is 0 Å². The lowest BCUT2D eigenvalue weighted by molar-refractivity contribution is 1.09. The Bertz CT molecular complexity index is 14.6. The van der Waals surface area contributed by atoms with E-state index in [1.807, 2.05) is 0 Å². The Balaban J connectivity index is -0.00000001000. The molecular weight excluding hydrogens is 151 g/mol. The average molecular weight is 185 g/mol. The molecule has 1 unspecified atom stereocenters. The van der Waals surface area contributed by atoms with E-state index in [1.54, 1.807) is 6.92 Å². The Hall–Kier alpha value is 0.430. The van der Waals surface area contributed by atoms with E-state index in [9.17, 15) is 0 Å². The van der Waals surface area contributed by atoms with Crippen LogP contribution in [-0.2, 0) is 0 Å². The van der Waals surface area contributed by atoms with Crippen LogP contribution in [-0.4, -0.2) is 0 Å². The molecule has 0 aromatic heterocycles. The summed E-state index contributed by atoms with van der Waals surface area (Å²) < 4.78 is 6.21. The maximum absolute atomic E-state index is 6.21. The van der Waals surface area contributed by atoms with Crippen LogP contribution in [0, 0.1) is 0 Å². The highest BCUT2D eigenvalue weighted by Crippen LogP contribution is 1.56. The SMILES string of the molecule is C.C.CCC.CCC.P.[2H]CC. The molecule has 0 N–H and O–H groups in total. The number of hydrogen-bond acceptors (Lipinski definition) is 0. The van der Waals surface area contributed by atoms with Crippen molar-refractivity contribution in [2.45, 2.75) is 69.2 Å². The molecule has 0 aromatic rings. The van der Waals surface area contributed by atoms with E-state index in [0.717, 1.165) is 0 Å². The minimum Gasteiger partial charge on any atom is -0.153 e. The van der Waals surface area contributed by atoms with Crippen LogP contribution in [0.4, 0.5) is 0 Å². The molecule has 78 valence electrons. The standard InChI is InChI=1S/2C3H8.C2H6.2CH4.H3P/c2*1-3-2;1-2;;;/h2*3H2,1-2H3;1-2H3;2*1H4;1H3/i;;1D;;;. The van der Waals surface area contributed by atoms with Crippen LogP contribution in [0.15, 0.2) is 0 Å². The summed E-state index contributed by atoms with van der Waals surface area (Å²) in [7, 11) is 0. The first-order valence-corrected chi connectivity index (χ1v) is 3.54. The maximum Gasteiger partial charge on any atom is 0.0228 e. The zero-order chi connectivity index (χ0) is 8.12. The molecule has 0 nitrogen and oxygen atoms in total. The highest BCUT2D eigenvalue weighted by Gasteiger charge is 1.36. The van der Waals surface area contributed by atoms with Gasteiger partial charge in [-0.1, -0.05) is 69.2 Å². The minimum absolute atomic E-state index is 0. The summed E-state index contributed by atoms with van der Waals surface area (Å²) in [5.41, 5.74) is 0. The zero-order valence-corrected chi connectivity index (χ0v) is 9.24. The number of hydrogen-bond donors (Lipinski definition) is 0. The van der Waals surface area contributed by atoms with Gasteiger partial charge in [0.2, 0.25) is 0 Å². The second-order valence-corrected chi connectivity index (χ2v) is 1.41. The molecule has 0 aliphatic heterocycles. The van der Waals surface area contributed by atoms with Gasteiger partial charge < -0.3 is 0 Å². The molecule has 0 heterocycles. The van der Waals surface area contributed by atoms with Gasteiger partial charge >= 0.3 is 0 Å². The van der Waals surface area contributed by atoms with Crippen LogP contribution in [0.2, 0.25) is 0 Å². The fraction of sp³-hybridized carbons (Fsp3) is 1.00. The first kappa shape index (κ1) is 30.1. The van der Waals surface area contributed by atoms with Gasteiger partial charge in [0.1, 0.15) is 0 Å². The topological polar surface area (TPSA) is 0 Å². The zero-order valence-electron chi connectivity index (χ0n) is 8.83. The third-order valence-corrected chi connectivity index (χ3v) is 0. The second kappa shape index (κ2) is 157. The van der Waals surface area contributed by atoms with Gasteiger partial charge in [-0.2, -0.15) is 9.90 Å². The molecule has 0 spiro atoms. The largest absolute Gasteiger partial charge is 0.153 e. The van der Waals surface area contributed by atoms with Crippen LogP contribution in [0.1, 0.15) is 70.6 Å². The van der Waals surface area contributed by atoms with Gasteiger partial charge in [0.05, 0.1) is 0 Å². The highest BCUT2D eigenvalue weighted by molar-refractivity contribution is 6.92. The number of rotatable bonds is 0. The Labute approximate surface area is 81.2 Å². The Morgan fingerprint density at radius 2 is 0.909 bits per heavy atom. The summed E-state index contributed by atoms with van der Waals surface area (Å²) in [5, 5.41) is 0. The van der Waals surface area contributed by atoms with Crippen LogP contribution >= 0.6 is 9.90 Å². The third kappa shape index (κ3) is 4010. The van der Waals surface area contributed by atoms with Crippen molar-refractivity contribution in [2.75, 3.05) is 0 Å². The fourth-order valence-corrected chi connectivity index (χ4v) is 0. The lowest BCUT2D eigenvalue weighted by Crippen LogP contribution is -1.27. The summed E-state index contributed by atoms with van der Waals surface area (Å²) >= 11 is 0. The van der Waals surface area contributed by atoms with Crippen LogP contribution in [0.5, 0.6) is 0 Å². The second-order valence-electron chi connectivity index (χ2n) is 1.41. The summed E-state index contributed by atoms with van der Waals surface area (Å²) in [5.74, 6) is 0. The Morgan fingerprint density at radius 1 is 0.909 bits per heavy atom. The smallest absolute Gasteiger partial charge is 0.0228 e. The molecule has 0 radical (unpaired) electrons. The molecule has 0 saturated carbocycles. The van der Waals surface area contributed by atoms with Crippen molar-refractivity contribution in [3.8, 4) is 0 Å². The fourth-order valence-electron chi connectivity index (χ4n) is 0. The van der Waals surface area contributed by atoms with Gasteiger partial charge in [0, 0.05) is 1.37 Å². The predicted molar refractivity (Wildman–Crippen MR) is 67.8 cm³/mol. The molecular formula is C10H33P. The van der Waals surface area contributed by atoms with Crippen molar-refractivity contribution in [2.24, 2.45) is 0 Å². The van der Waals surface area contributed by atoms with E-state index in [2.05, 4.69) is 27.7 Å². The summed E-state index contributed by atoms with van der Waals surface area (Å²) in [4.78, 5) is 0. The van der Waals surface area contributed by atoms with Gasteiger partial charge in [0.15, 0.2) is 0 Å². The predicted octanol–water partition coefficient (Wildman–Crippen LogP) is 5.19. The van der Waals surface area contributed by atoms with Gasteiger partial charge in [-0.05, 0) is 0 Å². The van der Waals surface area contributed by atoms with E-state index in [-0.39, 0.29) is 24.8 Å². The highest BCUT2D eigenvalue weighted by atomic mass is 31.0. The summed E-state index contributed by atoms with van der Waals surface area (Å²) in [6.45, 7) is 10.8. The average Bonchev–Trinajstić information content (AvgIpc) is 1.70. The normalized spacial score (nSPS) is 5.00. The first-order chi connectivity index (χ1) is 4.24. The van der Waals surface area contributed by atoms with E-state index in [1.165, 1.54) is 12.8 Å². The summed E-state index contributed by atoms with van der Waals surface area (Å²) in [6, 6.07) is 0. The monoisotopic (exact) mass is 185 g/mol. The molecule has 0 rings (SSSR count). The van der Waals surface area contributed by atoms with E-state index in [4.69, 9.17) is 1.37 Å². The molecule has 0 aliphatic rings. The molecule has 0 aliphatic carbocycles. The van der Waals surface area contributed by atoms with E-state index >= 15 is 0 Å². The van der Waals surface area contributed by atoms with Crippen molar-refractivity contribution in [3.63, 3.8) is 0 Å². The van der Waals surface area contributed by atoms with Crippen molar-refractivity contribution in [1.82, 2.24) is 0 Å². The van der Waals surface area contributed by atoms with Crippen LogP contribution in [0.3, 0.4) is 0 Å².